The van der Waals surface area contributed by atoms with Gasteiger partial charge >= 0.3 is 0 Å². The van der Waals surface area contributed by atoms with Crippen molar-refractivity contribution in [1.29, 1.82) is 0 Å². The third-order valence-electron chi connectivity index (χ3n) is 3.17. The maximum Gasteiger partial charge on any atom is 0.265 e. The van der Waals surface area contributed by atoms with E-state index in [4.69, 9.17) is 0 Å². The highest BCUT2D eigenvalue weighted by Gasteiger charge is 2.18. The van der Waals surface area contributed by atoms with Gasteiger partial charge in [0.2, 0.25) is 0 Å². The zero-order valence-electron chi connectivity index (χ0n) is 11.6. The number of rotatable bonds is 5. The topological polar surface area (TPSA) is 86.9 Å². The van der Waals surface area contributed by atoms with E-state index in [1.54, 1.807) is 19.1 Å². The van der Waals surface area contributed by atoms with E-state index in [2.05, 4.69) is 20.2 Å². The fourth-order valence-electron chi connectivity index (χ4n) is 1.83. The highest BCUT2D eigenvalue weighted by molar-refractivity contribution is 7.92. The zero-order valence-corrected chi connectivity index (χ0v) is 12.5. The summed E-state index contributed by atoms with van der Waals surface area (Å²) in [5.74, 6) is 0. The molecule has 1 heterocycles. The van der Waals surface area contributed by atoms with Gasteiger partial charge in [-0.3, -0.25) is 9.82 Å². The molecule has 0 aliphatic heterocycles. The lowest BCUT2D eigenvalue weighted by Gasteiger charge is -2.12. The number of aromatic amines is 1. The molecule has 0 aliphatic carbocycles. The molecule has 0 saturated heterocycles. The van der Waals surface area contributed by atoms with Crippen molar-refractivity contribution < 1.29 is 8.42 Å². The summed E-state index contributed by atoms with van der Waals surface area (Å²) in [5, 5.41) is 9.47. The number of nitrogens with one attached hydrogen (secondary N) is 3. The Morgan fingerprint density at radius 2 is 1.90 bits per heavy atom. The van der Waals surface area contributed by atoms with Crippen LogP contribution in [0.2, 0.25) is 0 Å². The Kier molecular flexibility index (Phi) is 4.10. The second-order valence-corrected chi connectivity index (χ2v) is 6.25. The van der Waals surface area contributed by atoms with Gasteiger partial charge in [-0.05, 0) is 38.6 Å². The Morgan fingerprint density at radius 3 is 2.40 bits per heavy atom. The maximum atomic E-state index is 12.2. The summed E-state index contributed by atoms with van der Waals surface area (Å²) in [6.07, 6.45) is 1.30. The van der Waals surface area contributed by atoms with Crippen LogP contribution >= 0.6 is 0 Å². The first-order chi connectivity index (χ1) is 9.44. The Hall–Kier alpha value is -1.86. The lowest BCUT2D eigenvalue weighted by molar-refractivity contribution is 0.600. The molecule has 7 heteroatoms. The Morgan fingerprint density at radius 1 is 1.25 bits per heavy atom. The third kappa shape index (κ3) is 3.00. The molecular weight excluding hydrogens is 276 g/mol. The van der Waals surface area contributed by atoms with Crippen LogP contribution in [0.5, 0.6) is 0 Å². The lowest BCUT2D eigenvalue weighted by Crippen LogP contribution is -2.14. The summed E-state index contributed by atoms with van der Waals surface area (Å²) < 4.78 is 26.9. The van der Waals surface area contributed by atoms with Crippen LogP contribution in [0.15, 0.2) is 35.4 Å². The van der Waals surface area contributed by atoms with Gasteiger partial charge in [0.15, 0.2) is 0 Å². The molecule has 0 radical (unpaired) electrons. The van der Waals surface area contributed by atoms with Gasteiger partial charge in [0.1, 0.15) is 4.90 Å². The average molecular weight is 294 g/mol. The molecule has 6 nitrogen and oxygen atoms in total. The van der Waals surface area contributed by atoms with Crippen LogP contribution in [0.4, 0.5) is 5.69 Å². The van der Waals surface area contributed by atoms with Gasteiger partial charge in [-0.15, -0.1) is 0 Å². The van der Waals surface area contributed by atoms with E-state index in [0.717, 1.165) is 5.56 Å². The fraction of sp³-hybridized carbons (Fsp3) is 0.308. The number of anilines is 1. The zero-order chi connectivity index (χ0) is 14.8. The molecule has 20 heavy (non-hydrogen) atoms. The van der Waals surface area contributed by atoms with Gasteiger partial charge < -0.3 is 5.32 Å². The minimum atomic E-state index is -3.60. The number of hydrogen-bond donors (Lipinski definition) is 3. The predicted molar refractivity (Wildman–Crippen MR) is 78.0 cm³/mol. The molecular formula is C13H18N4O2S. The molecule has 0 amide bonds. The molecule has 0 aliphatic rings. The standard InChI is InChI=1S/C13H18N4O2S/c1-9(14-3)11-4-6-12(7-5-11)17-20(18,19)13-8-15-16-10(13)2/h4-9,14,17H,1-3H3,(H,15,16). The number of aromatic nitrogens is 2. The van der Waals surface area contributed by atoms with Gasteiger partial charge in [-0.25, -0.2) is 8.42 Å². The SMILES string of the molecule is CNC(C)c1ccc(NS(=O)(=O)c2cn[nH]c2C)cc1. The second-order valence-electron chi connectivity index (χ2n) is 4.60. The van der Waals surface area contributed by atoms with Crippen LogP contribution in [-0.4, -0.2) is 25.7 Å². The average Bonchev–Trinajstić information content (AvgIpc) is 2.85. The fourth-order valence-corrected chi connectivity index (χ4v) is 3.02. The van der Waals surface area contributed by atoms with Gasteiger partial charge in [-0.2, -0.15) is 5.10 Å². The van der Waals surface area contributed by atoms with Crippen molar-refractivity contribution in [2.24, 2.45) is 0 Å². The van der Waals surface area contributed by atoms with Gasteiger partial charge in [0.05, 0.1) is 11.9 Å². The normalized spacial score (nSPS) is 13.2. The summed E-state index contributed by atoms with van der Waals surface area (Å²) in [6, 6.07) is 7.49. The first-order valence-electron chi connectivity index (χ1n) is 6.24. The van der Waals surface area contributed by atoms with Crippen LogP contribution in [0.25, 0.3) is 0 Å². The highest BCUT2D eigenvalue weighted by Crippen LogP contribution is 2.20. The number of H-pyrrole nitrogens is 1. The Bertz CT molecular complexity index is 677. The van der Waals surface area contributed by atoms with Crippen molar-refractivity contribution >= 4 is 15.7 Å². The summed E-state index contributed by atoms with van der Waals surface area (Å²) in [6.45, 7) is 3.70. The Labute approximate surface area is 118 Å². The molecule has 108 valence electrons. The smallest absolute Gasteiger partial charge is 0.265 e. The number of aryl methyl sites for hydroxylation is 1. The van der Waals surface area contributed by atoms with Gasteiger partial charge in [0, 0.05) is 11.7 Å². The van der Waals surface area contributed by atoms with Gasteiger partial charge in [0.25, 0.3) is 10.0 Å². The number of nitrogens with zero attached hydrogens (tertiary/aromatic N) is 1. The third-order valence-corrected chi connectivity index (χ3v) is 4.66. The van der Waals surface area contributed by atoms with Gasteiger partial charge in [-0.1, -0.05) is 12.1 Å². The van der Waals surface area contributed by atoms with Crippen LogP contribution < -0.4 is 10.0 Å². The van der Waals surface area contributed by atoms with E-state index in [0.29, 0.717) is 11.4 Å². The maximum absolute atomic E-state index is 12.2. The summed E-state index contributed by atoms with van der Waals surface area (Å²) >= 11 is 0. The number of sulfonamides is 1. The minimum Gasteiger partial charge on any atom is -0.313 e. The summed E-state index contributed by atoms with van der Waals surface area (Å²) in [5.41, 5.74) is 2.13. The number of hydrogen-bond acceptors (Lipinski definition) is 4. The molecule has 2 aromatic rings. The van der Waals surface area contributed by atoms with E-state index in [1.807, 2.05) is 26.1 Å². The second kappa shape index (κ2) is 5.64. The van der Waals surface area contributed by atoms with Crippen molar-refractivity contribution in [2.75, 3.05) is 11.8 Å². The molecule has 0 spiro atoms. The van der Waals surface area contributed by atoms with Crippen molar-refractivity contribution in [3.63, 3.8) is 0 Å². The lowest BCUT2D eigenvalue weighted by atomic mass is 10.1. The van der Waals surface area contributed by atoms with Crippen molar-refractivity contribution in [2.45, 2.75) is 24.8 Å². The van der Waals surface area contributed by atoms with E-state index < -0.39 is 10.0 Å². The van der Waals surface area contributed by atoms with Crippen molar-refractivity contribution in [1.82, 2.24) is 15.5 Å². The number of benzene rings is 1. The minimum absolute atomic E-state index is 0.158. The first kappa shape index (κ1) is 14.5. The van der Waals surface area contributed by atoms with E-state index >= 15 is 0 Å². The molecule has 0 fully saturated rings. The molecule has 1 unspecified atom stereocenters. The first-order valence-corrected chi connectivity index (χ1v) is 7.72. The van der Waals surface area contributed by atoms with E-state index in [9.17, 15) is 8.42 Å². The van der Waals surface area contributed by atoms with Crippen LogP contribution in [0, 0.1) is 6.92 Å². The largest absolute Gasteiger partial charge is 0.313 e. The predicted octanol–water partition coefficient (Wildman–Crippen LogP) is 1.80. The molecule has 0 bridgehead atoms. The van der Waals surface area contributed by atoms with E-state index in [-0.39, 0.29) is 10.9 Å². The Balaban J connectivity index is 2.20. The summed E-state index contributed by atoms with van der Waals surface area (Å²) in [7, 11) is -1.72. The van der Waals surface area contributed by atoms with Crippen LogP contribution in [-0.2, 0) is 10.0 Å². The molecule has 2 rings (SSSR count). The molecule has 3 N–H and O–H groups in total. The van der Waals surface area contributed by atoms with Crippen LogP contribution in [0.3, 0.4) is 0 Å². The summed E-state index contributed by atoms with van der Waals surface area (Å²) in [4.78, 5) is 0.158. The molecule has 1 aromatic carbocycles. The quantitative estimate of drug-likeness (QED) is 0.784. The van der Waals surface area contributed by atoms with E-state index in [1.165, 1.54) is 6.20 Å². The monoisotopic (exact) mass is 294 g/mol. The molecule has 1 atom stereocenters. The molecule has 1 aromatic heterocycles. The van der Waals surface area contributed by atoms with Crippen molar-refractivity contribution in [3.05, 3.63) is 41.7 Å². The highest BCUT2D eigenvalue weighted by atomic mass is 32.2. The molecule has 0 saturated carbocycles. The van der Waals surface area contributed by atoms with Crippen LogP contribution in [0.1, 0.15) is 24.2 Å². The van der Waals surface area contributed by atoms with Crippen molar-refractivity contribution in [3.8, 4) is 0 Å².